The zero-order valence-corrected chi connectivity index (χ0v) is 17.5. The number of epoxide rings is 1. The number of hydrogen-bond donors (Lipinski definition) is 0. The van der Waals surface area contributed by atoms with Crippen LogP contribution in [0.25, 0.3) is 0 Å². The van der Waals surface area contributed by atoms with Crippen molar-refractivity contribution in [3.05, 3.63) is 11.6 Å². The SMILES string of the molecule is [2H]C([2H])([2H])OC(=O)C1CC2=CC(=O)CC[C@]2(C)[C@@]23O[C@@H]2C[C@@]2(C)C(CC[C@@]24CCC(=O)O4)C13. The fourth-order valence-electron chi connectivity index (χ4n) is 8.61. The first kappa shape index (κ1) is 16.0. The van der Waals surface area contributed by atoms with Crippen LogP contribution < -0.4 is 0 Å². The average molecular weight is 418 g/mol. The summed E-state index contributed by atoms with van der Waals surface area (Å²) in [4.78, 5) is 37.8. The lowest BCUT2D eigenvalue weighted by atomic mass is 9.43. The third-order valence-corrected chi connectivity index (χ3v) is 10.1. The Kier molecular flexibility index (Phi) is 2.97. The van der Waals surface area contributed by atoms with E-state index in [4.69, 9.17) is 18.3 Å². The van der Waals surface area contributed by atoms with Gasteiger partial charge in [-0.1, -0.05) is 19.4 Å². The van der Waals surface area contributed by atoms with Gasteiger partial charge in [-0.3, -0.25) is 14.4 Å². The van der Waals surface area contributed by atoms with Crippen molar-refractivity contribution in [2.45, 2.75) is 82.5 Å². The second kappa shape index (κ2) is 5.56. The predicted molar refractivity (Wildman–Crippen MR) is 105 cm³/mol. The number of fused-ring (bicyclic) bond motifs is 4. The lowest BCUT2D eigenvalue weighted by Crippen LogP contribution is -2.63. The highest BCUT2D eigenvalue weighted by atomic mass is 16.6. The fraction of sp³-hybridized carbons (Fsp3) is 0.792. The van der Waals surface area contributed by atoms with Crippen molar-refractivity contribution < 1.29 is 32.7 Å². The van der Waals surface area contributed by atoms with E-state index in [1.165, 1.54) is 0 Å². The van der Waals surface area contributed by atoms with E-state index in [2.05, 4.69) is 13.8 Å². The van der Waals surface area contributed by atoms with Crippen LogP contribution >= 0.6 is 0 Å². The minimum absolute atomic E-state index is 0.0345. The molecular formula is C24H30O6. The molecule has 3 saturated carbocycles. The van der Waals surface area contributed by atoms with Gasteiger partial charge in [0, 0.05) is 29.6 Å². The molecular weight excluding hydrogens is 384 g/mol. The Bertz CT molecular complexity index is 1000. The van der Waals surface area contributed by atoms with Gasteiger partial charge in [0.2, 0.25) is 0 Å². The topological polar surface area (TPSA) is 82.2 Å². The van der Waals surface area contributed by atoms with Gasteiger partial charge in [0.15, 0.2) is 5.78 Å². The molecule has 4 aliphatic carbocycles. The first-order valence-corrected chi connectivity index (χ1v) is 11.2. The van der Waals surface area contributed by atoms with Gasteiger partial charge in [-0.25, -0.2) is 0 Å². The molecule has 2 heterocycles. The van der Waals surface area contributed by atoms with Gasteiger partial charge in [0.05, 0.1) is 23.2 Å². The molecule has 162 valence electrons. The van der Waals surface area contributed by atoms with E-state index in [1.54, 1.807) is 6.08 Å². The summed E-state index contributed by atoms with van der Waals surface area (Å²) in [6.07, 6.45) is 6.30. The van der Waals surface area contributed by atoms with Crippen molar-refractivity contribution >= 4 is 17.7 Å². The number of methoxy groups -OCH3 is 1. The van der Waals surface area contributed by atoms with Gasteiger partial charge in [-0.15, -0.1) is 0 Å². The number of ketones is 1. The van der Waals surface area contributed by atoms with Gasteiger partial charge in [-0.05, 0) is 50.5 Å². The molecule has 6 nitrogen and oxygen atoms in total. The molecule has 5 fully saturated rings. The summed E-state index contributed by atoms with van der Waals surface area (Å²) in [6.45, 7) is 4.31. The highest BCUT2D eigenvalue weighted by Gasteiger charge is 2.83. The second-order valence-electron chi connectivity index (χ2n) is 10.9. The molecule has 0 radical (unpaired) electrons. The van der Waals surface area contributed by atoms with E-state index in [-0.39, 0.29) is 40.5 Å². The van der Waals surface area contributed by atoms with Crippen LogP contribution in [0.3, 0.4) is 0 Å². The third kappa shape index (κ3) is 1.94. The van der Waals surface area contributed by atoms with Crippen molar-refractivity contribution in [1.29, 1.82) is 0 Å². The molecule has 30 heavy (non-hydrogen) atoms. The molecule has 2 spiro atoms. The van der Waals surface area contributed by atoms with E-state index < -0.39 is 30.1 Å². The Hall–Kier alpha value is -1.69. The molecule has 6 rings (SSSR count). The van der Waals surface area contributed by atoms with Gasteiger partial charge >= 0.3 is 11.9 Å². The quantitative estimate of drug-likeness (QED) is 0.482. The van der Waals surface area contributed by atoms with E-state index in [0.29, 0.717) is 32.1 Å². The van der Waals surface area contributed by atoms with Crippen LogP contribution in [0.15, 0.2) is 11.6 Å². The number of carbonyl (C=O) groups excluding carboxylic acids is 3. The Morgan fingerprint density at radius 2 is 2.07 bits per heavy atom. The number of rotatable bonds is 1. The molecule has 3 unspecified atom stereocenters. The zero-order valence-electron chi connectivity index (χ0n) is 20.5. The molecule has 0 aromatic rings. The summed E-state index contributed by atoms with van der Waals surface area (Å²) in [5.41, 5.74) is -1.01. The molecule has 0 N–H and O–H groups in total. The van der Waals surface area contributed by atoms with Crippen LogP contribution in [0.1, 0.15) is 69.3 Å². The van der Waals surface area contributed by atoms with E-state index in [0.717, 1.165) is 24.8 Å². The minimum atomic E-state index is -2.83. The molecule has 0 aromatic heterocycles. The fourth-order valence-corrected chi connectivity index (χ4v) is 8.61. The maximum absolute atomic E-state index is 13.3. The van der Waals surface area contributed by atoms with Gasteiger partial charge in [0.25, 0.3) is 0 Å². The van der Waals surface area contributed by atoms with Gasteiger partial charge in [0.1, 0.15) is 11.2 Å². The largest absolute Gasteiger partial charge is 0.469 e. The normalized spacial score (nSPS) is 55.1. The summed E-state index contributed by atoms with van der Waals surface area (Å²) >= 11 is 0. The summed E-state index contributed by atoms with van der Waals surface area (Å²) in [6, 6.07) is 0. The molecule has 0 aromatic carbocycles. The lowest BCUT2D eigenvalue weighted by Gasteiger charge is -2.58. The molecule has 6 aliphatic rings. The third-order valence-electron chi connectivity index (χ3n) is 10.1. The van der Waals surface area contributed by atoms with E-state index in [9.17, 15) is 14.4 Å². The summed E-state index contributed by atoms with van der Waals surface area (Å²) in [5.74, 6) is -1.80. The number of ether oxygens (including phenoxy) is 3. The lowest BCUT2D eigenvalue weighted by molar-refractivity contribution is -0.172. The molecule has 0 amide bonds. The van der Waals surface area contributed by atoms with E-state index in [1.807, 2.05) is 0 Å². The molecule has 8 atom stereocenters. The maximum atomic E-state index is 13.3. The Labute approximate surface area is 180 Å². The van der Waals surface area contributed by atoms with Crippen molar-refractivity contribution in [2.24, 2.45) is 28.6 Å². The molecule has 0 bridgehead atoms. The smallest absolute Gasteiger partial charge is 0.309 e. The maximum Gasteiger partial charge on any atom is 0.309 e. The average Bonchev–Trinajstić information content (AvgIpc) is 3.19. The monoisotopic (exact) mass is 417 g/mol. The van der Waals surface area contributed by atoms with Crippen molar-refractivity contribution in [1.82, 2.24) is 0 Å². The highest BCUT2D eigenvalue weighted by molar-refractivity contribution is 5.92. The van der Waals surface area contributed by atoms with Crippen LogP contribution in [0, 0.1) is 28.6 Å². The van der Waals surface area contributed by atoms with Crippen LogP contribution in [0.5, 0.6) is 0 Å². The molecule has 6 heteroatoms. The highest BCUT2D eigenvalue weighted by Crippen LogP contribution is 2.78. The zero-order chi connectivity index (χ0) is 23.6. The van der Waals surface area contributed by atoms with Gasteiger partial charge < -0.3 is 14.2 Å². The second-order valence-corrected chi connectivity index (χ2v) is 10.9. The van der Waals surface area contributed by atoms with E-state index >= 15 is 0 Å². The van der Waals surface area contributed by atoms with Crippen molar-refractivity contribution in [3.8, 4) is 0 Å². The summed E-state index contributed by atoms with van der Waals surface area (Å²) < 4.78 is 40.0. The minimum Gasteiger partial charge on any atom is -0.469 e. The van der Waals surface area contributed by atoms with Crippen LogP contribution in [0.2, 0.25) is 0 Å². The number of esters is 2. The van der Waals surface area contributed by atoms with Crippen LogP contribution in [0.4, 0.5) is 0 Å². The Balaban J connectivity index is 1.47. The molecule has 2 saturated heterocycles. The first-order chi connectivity index (χ1) is 15.4. The number of hydrogen-bond acceptors (Lipinski definition) is 6. The van der Waals surface area contributed by atoms with Crippen molar-refractivity contribution in [2.75, 3.05) is 7.04 Å². The van der Waals surface area contributed by atoms with Crippen LogP contribution in [-0.2, 0) is 28.6 Å². The summed E-state index contributed by atoms with van der Waals surface area (Å²) in [5, 5.41) is 0. The van der Waals surface area contributed by atoms with Crippen LogP contribution in [-0.4, -0.2) is 42.1 Å². The van der Waals surface area contributed by atoms with Crippen molar-refractivity contribution in [3.63, 3.8) is 0 Å². The Morgan fingerprint density at radius 1 is 1.23 bits per heavy atom. The summed E-state index contributed by atoms with van der Waals surface area (Å²) in [7, 11) is -2.83. The Morgan fingerprint density at radius 3 is 2.80 bits per heavy atom. The first-order valence-electron chi connectivity index (χ1n) is 12.7. The molecule has 2 aliphatic heterocycles. The predicted octanol–water partition coefficient (Wildman–Crippen LogP) is 3.12. The standard InChI is InChI=1S/C24H30O6/c1-21-7-4-14(25)10-13(21)11-15(20(27)28-3)19-16-5-8-23(9-6-18(26)30-23)22(16,2)12-17-24(19,21)29-17/h10,15-17,19H,4-9,11-12H2,1-3H3/t15?,16?,17-,19?,21+,22+,23-,24-/m1/s1/i3D3. The van der Waals surface area contributed by atoms with Gasteiger partial charge in [-0.2, -0.15) is 0 Å². The number of carbonyl (C=O) groups is 3.